The zero-order chi connectivity index (χ0) is 15.5. The van der Waals surface area contributed by atoms with E-state index < -0.39 is 17.2 Å². The first-order valence-corrected chi connectivity index (χ1v) is 7.99. The molecule has 0 unspecified atom stereocenters. The smallest absolute Gasteiger partial charge is 0.256 e. The molecule has 3 rings (SSSR count). The fraction of sp³-hybridized carbons (Fsp3) is 0.533. The SMILES string of the molecule is CC(C)(O)[C@@H](C1CC1)N1Cc2cc(F)c(F)c(I)c2C1=O. The Morgan fingerprint density at radius 2 is 2.05 bits per heavy atom. The molecule has 1 atom stereocenters. The van der Waals surface area contributed by atoms with Gasteiger partial charge in [-0.2, -0.15) is 0 Å². The van der Waals surface area contributed by atoms with Gasteiger partial charge in [0.25, 0.3) is 5.91 Å². The van der Waals surface area contributed by atoms with Crippen LogP contribution in [-0.4, -0.2) is 27.6 Å². The van der Waals surface area contributed by atoms with Gasteiger partial charge in [-0.05, 0) is 66.8 Å². The van der Waals surface area contributed by atoms with Crippen LogP contribution in [-0.2, 0) is 6.54 Å². The van der Waals surface area contributed by atoms with Gasteiger partial charge in [0.15, 0.2) is 11.6 Å². The molecule has 21 heavy (non-hydrogen) atoms. The van der Waals surface area contributed by atoms with E-state index >= 15 is 0 Å². The predicted octanol–water partition coefficient (Wildman–Crippen LogP) is 3.07. The molecule has 1 aliphatic carbocycles. The Balaban J connectivity index is 2.02. The molecule has 2 aliphatic rings. The van der Waals surface area contributed by atoms with Gasteiger partial charge < -0.3 is 10.0 Å². The Hall–Kier alpha value is -0.760. The molecule has 0 bridgehead atoms. The van der Waals surface area contributed by atoms with Crippen LogP contribution in [0, 0.1) is 21.1 Å². The quantitative estimate of drug-likeness (QED) is 0.618. The molecule has 1 aromatic rings. The highest BCUT2D eigenvalue weighted by Crippen LogP contribution is 2.43. The molecule has 3 nitrogen and oxygen atoms in total. The van der Waals surface area contributed by atoms with Crippen molar-refractivity contribution in [2.45, 2.75) is 44.9 Å². The minimum absolute atomic E-state index is 0.0281. The van der Waals surface area contributed by atoms with Crippen LogP contribution in [0.4, 0.5) is 8.78 Å². The van der Waals surface area contributed by atoms with Gasteiger partial charge in [0.1, 0.15) is 0 Å². The number of nitrogens with zero attached hydrogens (tertiary/aromatic N) is 1. The van der Waals surface area contributed by atoms with Gasteiger partial charge in [-0.15, -0.1) is 0 Å². The van der Waals surface area contributed by atoms with Crippen molar-refractivity contribution in [1.82, 2.24) is 4.90 Å². The van der Waals surface area contributed by atoms with E-state index in [2.05, 4.69) is 0 Å². The van der Waals surface area contributed by atoms with Crippen LogP contribution in [0.5, 0.6) is 0 Å². The van der Waals surface area contributed by atoms with E-state index in [9.17, 15) is 18.7 Å². The van der Waals surface area contributed by atoms with Crippen molar-refractivity contribution in [3.63, 3.8) is 0 Å². The zero-order valence-electron chi connectivity index (χ0n) is 11.8. The predicted molar refractivity (Wildman–Crippen MR) is 81.8 cm³/mol. The topological polar surface area (TPSA) is 40.5 Å². The summed E-state index contributed by atoms with van der Waals surface area (Å²) in [6, 6.07) is 0.776. The van der Waals surface area contributed by atoms with Crippen molar-refractivity contribution in [2.75, 3.05) is 0 Å². The van der Waals surface area contributed by atoms with Crippen LogP contribution in [0.1, 0.15) is 42.6 Å². The highest BCUT2D eigenvalue weighted by atomic mass is 127. The Morgan fingerprint density at radius 3 is 2.57 bits per heavy atom. The van der Waals surface area contributed by atoms with Crippen molar-refractivity contribution in [3.8, 4) is 0 Å². The van der Waals surface area contributed by atoms with E-state index in [4.69, 9.17) is 0 Å². The lowest BCUT2D eigenvalue weighted by atomic mass is 9.93. The molecular formula is C15H16F2INO2. The van der Waals surface area contributed by atoms with Gasteiger partial charge in [-0.25, -0.2) is 8.78 Å². The number of carbonyl (C=O) groups excluding carboxylic acids is 1. The van der Waals surface area contributed by atoms with Gasteiger partial charge in [0.2, 0.25) is 0 Å². The fourth-order valence-electron chi connectivity index (χ4n) is 3.25. The van der Waals surface area contributed by atoms with Crippen molar-refractivity contribution in [3.05, 3.63) is 32.4 Å². The summed E-state index contributed by atoms with van der Waals surface area (Å²) >= 11 is 1.67. The first kappa shape index (κ1) is 15.1. The molecule has 1 amide bonds. The minimum atomic E-state index is -1.04. The Labute approximate surface area is 135 Å². The van der Waals surface area contributed by atoms with E-state index in [-0.39, 0.29) is 33.5 Å². The average molecular weight is 407 g/mol. The third-order valence-corrected chi connectivity index (χ3v) is 5.20. The van der Waals surface area contributed by atoms with Gasteiger partial charge in [-0.3, -0.25) is 4.79 Å². The summed E-state index contributed by atoms with van der Waals surface area (Å²) < 4.78 is 27.3. The summed E-state index contributed by atoms with van der Waals surface area (Å²) in [5.41, 5.74) is -0.302. The largest absolute Gasteiger partial charge is 0.388 e. The van der Waals surface area contributed by atoms with Crippen molar-refractivity contribution < 1.29 is 18.7 Å². The van der Waals surface area contributed by atoms with E-state index in [1.165, 1.54) is 0 Å². The van der Waals surface area contributed by atoms with Crippen LogP contribution in [0.2, 0.25) is 0 Å². The number of hydrogen-bond acceptors (Lipinski definition) is 2. The Kier molecular flexibility index (Phi) is 3.52. The summed E-state index contributed by atoms with van der Waals surface area (Å²) in [4.78, 5) is 14.2. The fourth-order valence-corrected chi connectivity index (χ4v) is 4.08. The van der Waals surface area contributed by atoms with Crippen LogP contribution in [0.25, 0.3) is 0 Å². The maximum atomic E-state index is 13.7. The third-order valence-electron chi connectivity index (χ3n) is 4.19. The lowest BCUT2D eigenvalue weighted by Crippen LogP contribution is -2.51. The number of aliphatic hydroxyl groups is 1. The molecular weight excluding hydrogens is 391 g/mol. The number of benzene rings is 1. The summed E-state index contributed by atoms with van der Waals surface area (Å²) in [6.07, 6.45) is 1.93. The van der Waals surface area contributed by atoms with E-state index in [1.807, 2.05) is 0 Å². The second kappa shape index (κ2) is 4.87. The second-order valence-corrected chi connectivity index (χ2v) is 7.47. The number of rotatable bonds is 3. The molecule has 1 aliphatic heterocycles. The number of hydrogen-bond donors (Lipinski definition) is 1. The standard InChI is InChI=1S/C15H16F2INO2/c1-15(2,21)13(7-3-4-7)19-6-8-5-9(16)11(17)12(18)10(8)14(19)20/h5,7,13,21H,3-4,6H2,1-2H3/t13-/m1/s1. The molecule has 0 saturated heterocycles. The van der Waals surface area contributed by atoms with Crippen LogP contribution in [0.15, 0.2) is 6.07 Å². The molecule has 1 aromatic carbocycles. The number of amides is 1. The Bertz CT molecular complexity index is 623. The number of carbonyl (C=O) groups is 1. The maximum absolute atomic E-state index is 13.7. The van der Waals surface area contributed by atoms with Gasteiger partial charge in [-0.1, -0.05) is 0 Å². The van der Waals surface area contributed by atoms with Crippen molar-refractivity contribution >= 4 is 28.5 Å². The van der Waals surface area contributed by atoms with Crippen LogP contribution < -0.4 is 0 Å². The first-order chi connectivity index (χ1) is 9.71. The molecule has 0 radical (unpaired) electrons. The van der Waals surface area contributed by atoms with E-state index in [0.29, 0.717) is 5.56 Å². The van der Waals surface area contributed by atoms with E-state index in [1.54, 1.807) is 41.3 Å². The molecule has 1 fully saturated rings. The summed E-state index contributed by atoms with van der Waals surface area (Å²) in [7, 11) is 0. The normalized spacial score (nSPS) is 19.9. The van der Waals surface area contributed by atoms with E-state index in [0.717, 1.165) is 18.9 Å². The van der Waals surface area contributed by atoms with Crippen molar-refractivity contribution in [1.29, 1.82) is 0 Å². The highest BCUT2D eigenvalue weighted by Gasteiger charge is 2.48. The lowest BCUT2D eigenvalue weighted by Gasteiger charge is -2.37. The molecule has 0 spiro atoms. The highest BCUT2D eigenvalue weighted by molar-refractivity contribution is 14.1. The number of fused-ring (bicyclic) bond motifs is 1. The van der Waals surface area contributed by atoms with Crippen LogP contribution in [0.3, 0.4) is 0 Å². The average Bonchev–Trinajstić information content (AvgIpc) is 3.12. The minimum Gasteiger partial charge on any atom is -0.388 e. The first-order valence-electron chi connectivity index (χ1n) is 6.91. The van der Waals surface area contributed by atoms with Gasteiger partial charge in [0.05, 0.1) is 20.8 Å². The zero-order valence-corrected chi connectivity index (χ0v) is 13.9. The lowest BCUT2D eigenvalue weighted by molar-refractivity contribution is -0.0224. The van der Waals surface area contributed by atoms with Gasteiger partial charge >= 0.3 is 0 Å². The molecule has 6 heteroatoms. The van der Waals surface area contributed by atoms with Crippen LogP contribution >= 0.6 is 22.6 Å². The summed E-state index contributed by atoms with van der Waals surface area (Å²) in [6.45, 7) is 3.59. The van der Waals surface area contributed by atoms with Gasteiger partial charge in [0, 0.05) is 6.54 Å². The summed E-state index contributed by atoms with van der Waals surface area (Å²) in [5.74, 6) is -1.96. The number of halogens is 3. The van der Waals surface area contributed by atoms with Crippen molar-refractivity contribution in [2.24, 2.45) is 5.92 Å². The molecule has 1 N–H and O–H groups in total. The summed E-state index contributed by atoms with van der Waals surface area (Å²) in [5, 5.41) is 10.4. The molecule has 1 heterocycles. The maximum Gasteiger partial charge on any atom is 0.256 e. The second-order valence-electron chi connectivity index (χ2n) is 6.39. The third kappa shape index (κ3) is 2.46. The monoisotopic (exact) mass is 407 g/mol. The molecule has 0 aromatic heterocycles. The Morgan fingerprint density at radius 1 is 1.43 bits per heavy atom. The molecule has 114 valence electrons. The molecule has 1 saturated carbocycles.